The molecule has 1 aromatic carbocycles. The topological polar surface area (TPSA) is 44.5 Å². The number of fused-ring (bicyclic) bond motifs is 1. The van der Waals surface area contributed by atoms with Crippen LogP contribution in [0.3, 0.4) is 0 Å². The van der Waals surface area contributed by atoms with Crippen molar-refractivity contribution in [2.24, 2.45) is 5.73 Å². The van der Waals surface area contributed by atoms with E-state index < -0.39 is 29.3 Å². The highest BCUT2D eigenvalue weighted by molar-refractivity contribution is 9.10. The average Bonchev–Trinajstić information content (AvgIpc) is 2.27. The molecule has 2 aliphatic rings. The van der Waals surface area contributed by atoms with Crippen LogP contribution in [-0.4, -0.2) is 12.2 Å². The fraction of sp³-hybridized carbons (Fsp3) is 0.500. The molecule has 0 aromatic heterocycles. The minimum atomic E-state index is -4.72. The number of rotatable bonds is 1. The lowest BCUT2D eigenvalue weighted by atomic mass is 9.73. The van der Waals surface area contributed by atoms with E-state index in [2.05, 4.69) is 25.4 Å². The van der Waals surface area contributed by atoms with E-state index >= 15 is 0 Å². The van der Waals surface area contributed by atoms with Gasteiger partial charge in [-0.05, 0) is 37.0 Å². The van der Waals surface area contributed by atoms with E-state index in [1.54, 1.807) is 0 Å². The zero-order valence-electron chi connectivity index (χ0n) is 10.1. The Kier molecular flexibility index (Phi) is 2.79. The van der Waals surface area contributed by atoms with Gasteiger partial charge in [-0.3, -0.25) is 0 Å². The van der Waals surface area contributed by atoms with E-state index in [-0.39, 0.29) is 0 Å². The summed E-state index contributed by atoms with van der Waals surface area (Å²) < 4.78 is 61.0. The van der Waals surface area contributed by atoms with Crippen molar-refractivity contribution < 1.29 is 27.0 Å². The van der Waals surface area contributed by atoms with Gasteiger partial charge in [-0.25, -0.2) is 0 Å². The Hall–Kier alpha value is -1.02. The Morgan fingerprint density at radius 3 is 1.95 bits per heavy atom. The molecule has 0 unspecified atom stereocenters. The van der Waals surface area contributed by atoms with E-state index in [1.165, 1.54) is 12.1 Å². The van der Waals surface area contributed by atoms with Crippen LogP contribution in [-0.2, 0) is 5.54 Å². The molecule has 1 saturated carbocycles. The van der Waals surface area contributed by atoms with Gasteiger partial charge in [-0.1, -0.05) is 15.9 Å². The molecule has 1 aliphatic heterocycles. The maximum absolute atomic E-state index is 13.1. The number of halogens is 5. The quantitative estimate of drug-likeness (QED) is 0.780. The molecule has 1 aromatic rings. The van der Waals surface area contributed by atoms with Gasteiger partial charge >= 0.3 is 12.2 Å². The van der Waals surface area contributed by atoms with E-state index in [4.69, 9.17) is 5.73 Å². The van der Waals surface area contributed by atoms with Crippen LogP contribution in [0.25, 0.3) is 0 Å². The van der Waals surface area contributed by atoms with Gasteiger partial charge in [0, 0.05) is 10.0 Å². The normalized spacial score (nSPS) is 24.9. The molecule has 1 fully saturated rings. The Labute approximate surface area is 120 Å². The Morgan fingerprint density at radius 2 is 1.50 bits per heavy atom. The first-order chi connectivity index (χ1) is 9.15. The first-order valence-electron chi connectivity index (χ1n) is 5.91. The van der Waals surface area contributed by atoms with Crippen LogP contribution < -0.4 is 15.2 Å². The van der Waals surface area contributed by atoms with E-state index in [9.17, 15) is 17.6 Å². The number of ether oxygens (including phenoxy) is 2. The molecule has 0 radical (unpaired) electrons. The van der Waals surface area contributed by atoms with Crippen molar-refractivity contribution in [2.75, 3.05) is 0 Å². The molecule has 0 atom stereocenters. The Balaban J connectivity index is 2.06. The van der Waals surface area contributed by atoms with Crippen LogP contribution in [0.5, 0.6) is 11.5 Å². The van der Waals surface area contributed by atoms with Crippen LogP contribution in [0.15, 0.2) is 16.6 Å². The minimum Gasteiger partial charge on any atom is -0.421 e. The number of alkyl halides is 4. The van der Waals surface area contributed by atoms with Crippen LogP contribution in [0.4, 0.5) is 17.6 Å². The molecule has 8 heteroatoms. The molecule has 2 N–H and O–H groups in total. The second-order valence-corrected chi connectivity index (χ2v) is 5.88. The van der Waals surface area contributed by atoms with Crippen molar-refractivity contribution in [3.05, 3.63) is 22.2 Å². The maximum Gasteiger partial charge on any atom is 0.507 e. The molecule has 0 saturated heterocycles. The van der Waals surface area contributed by atoms with Gasteiger partial charge < -0.3 is 15.2 Å². The fourth-order valence-corrected chi connectivity index (χ4v) is 3.02. The molecule has 20 heavy (non-hydrogen) atoms. The second kappa shape index (κ2) is 4.00. The molecule has 0 spiro atoms. The number of nitrogens with two attached hydrogens (primary N) is 1. The van der Waals surface area contributed by atoms with Crippen LogP contribution >= 0.6 is 15.9 Å². The van der Waals surface area contributed by atoms with Gasteiger partial charge in [-0.15, -0.1) is 0 Å². The molecule has 3 rings (SSSR count). The monoisotopic (exact) mass is 355 g/mol. The lowest BCUT2D eigenvalue weighted by Gasteiger charge is -2.40. The van der Waals surface area contributed by atoms with Crippen LogP contribution in [0, 0.1) is 0 Å². The fourth-order valence-electron chi connectivity index (χ4n) is 2.30. The third kappa shape index (κ3) is 1.88. The highest BCUT2D eigenvalue weighted by atomic mass is 79.9. The minimum absolute atomic E-state index is 0.433. The SMILES string of the molecule is NC1(c2cc3c(cc2Br)OC(F)(F)C(F)(F)O3)CCC1. The van der Waals surface area contributed by atoms with Crippen molar-refractivity contribution >= 4 is 15.9 Å². The number of hydrogen-bond acceptors (Lipinski definition) is 3. The van der Waals surface area contributed by atoms with Crippen molar-refractivity contribution in [1.29, 1.82) is 0 Å². The van der Waals surface area contributed by atoms with Crippen molar-refractivity contribution in [3.63, 3.8) is 0 Å². The summed E-state index contributed by atoms with van der Waals surface area (Å²) in [6, 6.07) is 2.42. The summed E-state index contributed by atoms with van der Waals surface area (Å²) in [4.78, 5) is 0. The van der Waals surface area contributed by atoms with Crippen molar-refractivity contribution in [3.8, 4) is 11.5 Å². The summed E-state index contributed by atoms with van der Waals surface area (Å²) in [6.07, 6.45) is -7.12. The summed E-state index contributed by atoms with van der Waals surface area (Å²) >= 11 is 3.20. The molecule has 0 bridgehead atoms. The molecule has 1 aliphatic carbocycles. The summed E-state index contributed by atoms with van der Waals surface area (Å²) in [5.74, 6) is -0.879. The lowest BCUT2D eigenvalue weighted by Crippen LogP contribution is -2.52. The third-order valence-electron chi connectivity index (χ3n) is 3.63. The van der Waals surface area contributed by atoms with Gasteiger partial charge in [0.05, 0.1) is 0 Å². The smallest absolute Gasteiger partial charge is 0.421 e. The highest BCUT2D eigenvalue weighted by Crippen LogP contribution is 2.51. The summed E-state index contributed by atoms with van der Waals surface area (Å²) in [6.45, 7) is 0. The summed E-state index contributed by atoms with van der Waals surface area (Å²) in [5.41, 5.74) is 6.02. The molecule has 1 heterocycles. The maximum atomic E-state index is 13.1. The second-order valence-electron chi connectivity index (χ2n) is 5.03. The molecule has 0 amide bonds. The van der Waals surface area contributed by atoms with Crippen molar-refractivity contribution in [2.45, 2.75) is 37.0 Å². The molecule has 3 nitrogen and oxygen atoms in total. The zero-order valence-corrected chi connectivity index (χ0v) is 11.6. The first-order valence-corrected chi connectivity index (χ1v) is 6.70. The highest BCUT2D eigenvalue weighted by Gasteiger charge is 2.66. The van der Waals surface area contributed by atoms with Crippen LogP contribution in [0.1, 0.15) is 24.8 Å². The van der Waals surface area contributed by atoms with E-state index in [0.717, 1.165) is 6.42 Å². The summed E-state index contributed by atoms with van der Waals surface area (Å²) in [5, 5.41) is 0. The van der Waals surface area contributed by atoms with E-state index in [0.29, 0.717) is 22.9 Å². The van der Waals surface area contributed by atoms with Gasteiger partial charge in [0.1, 0.15) is 0 Å². The average molecular weight is 356 g/mol. The predicted molar refractivity (Wildman–Crippen MR) is 65.0 cm³/mol. The molecule has 110 valence electrons. The van der Waals surface area contributed by atoms with E-state index in [1.807, 2.05) is 0 Å². The first kappa shape index (κ1) is 13.9. The van der Waals surface area contributed by atoms with Gasteiger partial charge in [-0.2, -0.15) is 17.6 Å². The molecular formula is C12H10BrF4NO2. The Morgan fingerprint density at radius 1 is 1.00 bits per heavy atom. The largest absolute Gasteiger partial charge is 0.507 e. The van der Waals surface area contributed by atoms with Gasteiger partial charge in [0.25, 0.3) is 0 Å². The third-order valence-corrected chi connectivity index (χ3v) is 4.29. The van der Waals surface area contributed by atoms with Crippen molar-refractivity contribution in [1.82, 2.24) is 0 Å². The zero-order chi connectivity index (χ0) is 14.8. The lowest BCUT2D eigenvalue weighted by molar-refractivity contribution is -0.391. The van der Waals surface area contributed by atoms with Gasteiger partial charge in [0.15, 0.2) is 11.5 Å². The number of hydrogen-bond donors (Lipinski definition) is 1. The number of benzene rings is 1. The summed E-state index contributed by atoms with van der Waals surface area (Å²) in [7, 11) is 0. The standard InChI is InChI=1S/C12H10BrF4NO2/c13-7-5-9-8(4-6(7)10(18)2-1-3-10)19-11(14,15)12(16,17)20-9/h4-5H,1-3,18H2. The predicted octanol–water partition coefficient (Wildman–Crippen LogP) is 3.74. The Bertz CT molecular complexity index is 575. The molecular weight excluding hydrogens is 346 g/mol. The van der Waals surface area contributed by atoms with Crippen LogP contribution in [0.2, 0.25) is 0 Å². The van der Waals surface area contributed by atoms with Gasteiger partial charge in [0.2, 0.25) is 0 Å².